The van der Waals surface area contributed by atoms with Gasteiger partial charge in [0.2, 0.25) is 5.91 Å². The molecular formula is C12H12NOS2. The fourth-order valence-corrected chi connectivity index (χ4v) is 2.91. The van der Waals surface area contributed by atoms with E-state index in [1.807, 2.05) is 17.5 Å². The first-order chi connectivity index (χ1) is 7.66. The predicted molar refractivity (Wildman–Crippen MR) is 68.9 cm³/mol. The standard InChI is InChI=1S/C12H12NOS2/c1-13(2)12(14)7-10-3-4-11(16-10)9-5-6-15-8-9/h3-6H,7H2,1-2H3. The second kappa shape index (κ2) is 4.80. The Bertz CT molecular complexity index is 471. The average Bonchev–Trinajstić information content (AvgIpc) is 2.85. The van der Waals surface area contributed by atoms with E-state index in [4.69, 9.17) is 0 Å². The fraction of sp³-hybridized carbons (Fsp3) is 0.250. The van der Waals surface area contributed by atoms with Crippen LogP contribution < -0.4 is 0 Å². The van der Waals surface area contributed by atoms with Crippen LogP contribution >= 0.6 is 22.7 Å². The molecule has 83 valence electrons. The number of carbonyl (C=O) groups excluding carboxylic acids is 1. The van der Waals surface area contributed by atoms with Gasteiger partial charge in [-0.15, -0.1) is 22.7 Å². The number of hydrogen-bond donors (Lipinski definition) is 0. The highest BCUT2D eigenvalue weighted by Gasteiger charge is 2.09. The molecule has 4 heteroatoms. The molecular weight excluding hydrogens is 238 g/mol. The van der Waals surface area contributed by atoms with E-state index in [9.17, 15) is 4.79 Å². The van der Waals surface area contributed by atoms with Crippen molar-refractivity contribution in [3.05, 3.63) is 33.8 Å². The second-order valence-electron chi connectivity index (χ2n) is 3.67. The molecule has 16 heavy (non-hydrogen) atoms. The highest BCUT2D eigenvalue weighted by atomic mass is 32.1. The van der Waals surface area contributed by atoms with E-state index in [0.29, 0.717) is 6.42 Å². The van der Waals surface area contributed by atoms with Crippen LogP contribution in [0.5, 0.6) is 0 Å². The molecule has 2 aromatic rings. The number of amides is 1. The third-order valence-electron chi connectivity index (χ3n) is 2.22. The van der Waals surface area contributed by atoms with E-state index >= 15 is 0 Å². The van der Waals surface area contributed by atoms with Crippen LogP contribution in [-0.4, -0.2) is 24.9 Å². The average molecular weight is 250 g/mol. The number of likely N-dealkylation sites (N-methyl/N-ethyl adjacent to an activating group) is 1. The summed E-state index contributed by atoms with van der Waals surface area (Å²) in [5, 5.41) is 5.21. The van der Waals surface area contributed by atoms with Crippen molar-refractivity contribution in [3.8, 4) is 10.4 Å². The summed E-state index contributed by atoms with van der Waals surface area (Å²) in [5.74, 6) is 0.141. The Balaban J connectivity index is 2.11. The van der Waals surface area contributed by atoms with E-state index < -0.39 is 0 Å². The highest BCUT2D eigenvalue weighted by molar-refractivity contribution is 7.16. The van der Waals surface area contributed by atoms with E-state index in [0.717, 1.165) is 10.4 Å². The number of carbonyl (C=O) groups is 1. The van der Waals surface area contributed by atoms with Crippen LogP contribution in [0.15, 0.2) is 23.6 Å². The molecule has 0 aromatic carbocycles. The minimum atomic E-state index is 0.141. The number of hydrogen-bond acceptors (Lipinski definition) is 3. The Morgan fingerprint density at radius 1 is 1.38 bits per heavy atom. The van der Waals surface area contributed by atoms with Crippen LogP contribution in [-0.2, 0) is 11.2 Å². The zero-order chi connectivity index (χ0) is 11.5. The first-order valence-corrected chi connectivity index (χ1v) is 6.61. The molecule has 0 aliphatic carbocycles. The molecule has 2 aromatic heterocycles. The molecule has 2 nitrogen and oxygen atoms in total. The molecule has 0 saturated carbocycles. The fourth-order valence-electron chi connectivity index (χ4n) is 1.29. The van der Waals surface area contributed by atoms with Crippen LogP contribution in [0.1, 0.15) is 4.88 Å². The third kappa shape index (κ3) is 2.51. The molecule has 0 bridgehead atoms. The maximum atomic E-state index is 11.5. The van der Waals surface area contributed by atoms with Gasteiger partial charge in [0.15, 0.2) is 0 Å². The predicted octanol–water partition coefficient (Wildman–Crippen LogP) is 2.91. The topological polar surface area (TPSA) is 20.3 Å². The SMILES string of the molecule is CN(C)C(=O)Cc1ccc(-c2[c]scc2)s1. The molecule has 0 fully saturated rings. The summed E-state index contributed by atoms with van der Waals surface area (Å²) < 4.78 is 0. The highest BCUT2D eigenvalue weighted by Crippen LogP contribution is 2.29. The number of nitrogens with zero attached hydrogens (tertiary/aromatic N) is 1. The molecule has 0 unspecified atom stereocenters. The zero-order valence-corrected chi connectivity index (χ0v) is 10.8. The zero-order valence-electron chi connectivity index (χ0n) is 9.19. The Morgan fingerprint density at radius 2 is 2.19 bits per heavy atom. The quantitative estimate of drug-likeness (QED) is 0.820. The van der Waals surface area contributed by atoms with Gasteiger partial charge in [-0.2, -0.15) is 0 Å². The molecule has 0 spiro atoms. The first kappa shape index (κ1) is 11.4. The van der Waals surface area contributed by atoms with Crippen LogP contribution in [0.4, 0.5) is 0 Å². The van der Waals surface area contributed by atoms with Gasteiger partial charge in [0.25, 0.3) is 0 Å². The summed E-state index contributed by atoms with van der Waals surface area (Å²) in [5.41, 5.74) is 1.12. The van der Waals surface area contributed by atoms with E-state index in [1.165, 1.54) is 4.88 Å². The van der Waals surface area contributed by atoms with Crippen LogP contribution in [0.25, 0.3) is 10.4 Å². The normalized spacial score (nSPS) is 10.4. The van der Waals surface area contributed by atoms with Crippen molar-refractivity contribution in [2.45, 2.75) is 6.42 Å². The van der Waals surface area contributed by atoms with E-state index in [-0.39, 0.29) is 5.91 Å². The summed E-state index contributed by atoms with van der Waals surface area (Å²) in [7, 11) is 3.56. The molecule has 1 radical (unpaired) electrons. The number of thiophene rings is 2. The lowest BCUT2D eigenvalue weighted by Gasteiger charge is -2.08. The Hall–Kier alpha value is -1.13. The summed E-state index contributed by atoms with van der Waals surface area (Å²) in [4.78, 5) is 15.4. The van der Waals surface area contributed by atoms with Crippen molar-refractivity contribution in [2.75, 3.05) is 14.1 Å². The van der Waals surface area contributed by atoms with Crippen molar-refractivity contribution in [3.63, 3.8) is 0 Å². The van der Waals surface area contributed by atoms with E-state index in [2.05, 4.69) is 11.4 Å². The monoisotopic (exact) mass is 250 g/mol. The molecule has 0 atom stereocenters. The summed E-state index contributed by atoms with van der Waals surface area (Å²) in [6.07, 6.45) is 0.488. The van der Waals surface area contributed by atoms with Gasteiger partial charge < -0.3 is 4.90 Å². The van der Waals surface area contributed by atoms with E-state index in [1.54, 1.807) is 41.7 Å². The molecule has 1 amide bonds. The summed E-state index contributed by atoms with van der Waals surface area (Å²) in [6.45, 7) is 0. The van der Waals surface area contributed by atoms with Crippen LogP contribution in [0.2, 0.25) is 0 Å². The molecule has 0 N–H and O–H groups in total. The minimum Gasteiger partial charge on any atom is -0.349 e. The first-order valence-electron chi connectivity index (χ1n) is 4.91. The lowest BCUT2D eigenvalue weighted by atomic mass is 10.2. The lowest BCUT2D eigenvalue weighted by Crippen LogP contribution is -2.22. The maximum Gasteiger partial charge on any atom is 0.227 e. The Kier molecular flexibility index (Phi) is 3.41. The summed E-state index contributed by atoms with van der Waals surface area (Å²) in [6, 6.07) is 6.13. The molecule has 0 aliphatic heterocycles. The third-order valence-corrected chi connectivity index (χ3v) is 3.95. The molecule has 0 aliphatic rings. The van der Waals surface area contributed by atoms with Crippen LogP contribution in [0.3, 0.4) is 0 Å². The van der Waals surface area contributed by atoms with Gasteiger partial charge in [0.1, 0.15) is 0 Å². The van der Waals surface area contributed by atoms with Crippen molar-refractivity contribution in [2.24, 2.45) is 0 Å². The lowest BCUT2D eigenvalue weighted by molar-refractivity contribution is -0.127. The minimum absolute atomic E-state index is 0.141. The summed E-state index contributed by atoms with van der Waals surface area (Å²) >= 11 is 3.23. The van der Waals surface area contributed by atoms with Gasteiger partial charge in [-0.3, -0.25) is 4.79 Å². The molecule has 0 saturated heterocycles. The van der Waals surface area contributed by atoms with Gasteiger partial charge in [-0.1, -0.05) is 0 Å². The van der Waals surface area contributed by atoms with Crippen molar-refractivity contribution in [1.29, 1.82) is 0 Å². The number of rotatable bonds is 3. The Morgan fingerprint density at radius 3 is 2.81 bits per heavy atom. The smallest absolute Gasteiger partial charge is 0.227 e. The van der Waals surface area contributed by atoms with Gasteiger partial charge in [-0.05, 0) is 23.6 Å². The maximum absolute atomic E-state index is 11.5. The molecule has 2 heterocycles. The largest absolute Gasteiger partial charge is 0.349 e. The van der Waals surface area contributed by atoms with Crippen LogP contribution in [0, 0.1) is 5.38 Å². The van der Waals surface area contributed by atoms with Gasteiger partial charge in [0.05, 0.1) is 11.8 Å². The van der Waals surface area contributed by atoms with Gasteiger partial charge in [-0.25, -0.2) is 0 Å². The Labute approximate surface area is 103 Å². The van der Waals surface area contributed by atoms with Crippen molar-refractivity contribution >= 4 is 28.6 Å². The van der Waals surface area contributed by atoms with Crippen molar-refractivity contribution in [1.82, 2.24) is 4.90 Å². The van der Waals surface area contributed by atoms with Crippen molar-refractivity contribution < 1.29 is 4.79 Å². The van der Waals surface area contributed by atoms with Gasteiger partial charge >= 0.3 is 0 Å². The van der Waals surface area contributed by atoms with Gasteiger partial charge in [0, 0.05) is 29.4 Å². The second-order valence-corrected chi connectivity index (χ2v) is 5.55. The molecule has 2 rings (SSSR count).